The second-order valence-electron chi connectivity index (χ2n) is 6.09. The largest absolute Gasteiger partial charge is 0.365 e. The maximum absolute atomic E-state index is 12.9. The van der Waals surface area contributed by atoms with Gasteiger partial charge in [-0.1, -0.05) is 11.6 Å². The molecule has 2 aliphatic rings. The molecule has 1 fully saturated rings. The van der Waals surface area contributed by atoms with Crippen molar-refractivity contribution in [1.82, 2.24) is 4.31 Å². The number of benzene rings is 1. The number of halogens is 1. The van der Waals surface area contributed by atoms with Crippen LogP contribution in [0.2, 0.25) is 5.02 Å². The number of carbonyl (C=O) groups excluding carboxylic acids is 1. The van der Waals surface area contributed by atoms with Crippen molar-refractivity contribution in [1.29, 1.82) is 0 Å². The van der Waals surface area contributed by atoms with E-state index in [2.05, 4.69) is 5.32 Å². The zero-order chi connectivity index (χ0) is 16.3. The molecule has 1 aromatic carbocycles. The van der Waals surface area contributed by atoms with E-state index >= 15 is 0 Å². The lowest BCUT2D eigenvalue weighted by molar-refractivity contribution is -0.119. The monoisotopic (exact) mass is 344 g/mol. The van der Waals surface area contributed by atoms with Gasteiger partial charge in [0.05, 0.1) is 11.3 Å². The molecule has 3 rings (SSSR count). The van der Waals surface area contributed by atoms with Gasteiger partial charge < -0.3 is 10.1 Å². The minimum atomic E-state index is -3.84. The van der Waals surface area contributed by atoms with Gasteiger partial charge in [-0.15, -0.1) is 0 Å². The van der Waals surface area contributed by atoms with Gasteiger partial charge in [-0.05, 0) is 39.0 Å². The molecular weight excluding hydrogens is 328 g/mol. The number of anilines is 1. The SMILES string of the molecule is CC1C(=O)Nc2ccc(Cl)cc2S(=O)(=O)N1CC1OC1(C)C. The molecule has 120 valence electrons. The highest BCUT2D eigenvalue weighted by Gasteiger charge is 2.51. The Bertz CT molecular complexity index is 747. The standard InChI is InChI=1S/C14H17ClN2O4S/c1-8-13(18)16-10-5-4-9(15)6-11(10)22(19,20)17(8)7-12-14(2,3)21-12/h4-6,8,12H,7H2,1-3H3,(H,16,18). The number of nitrogens with zero attached hydrogens (tertiary/aromatic N) is 1. The van der Waals surface area contributed by atoms with Crippen LogP contribution < -0.4 is 5.32 Å². The lowest BCUT2D eigenvalue weighted by atomic mass is 10.1. The highest BCUT2D eigenvalue weighted by molar-refractivity contribution is 7.89. The van der Waals surface area contributed by atoms with Crippen LogP contribution >= 0.6 is 11.6 Å². The van der Waals surface area contributed by atoms with Gasteiger partial charge in [0.1, 0.15) is 17.0 Å². The van der Waals surface area contributed by atoms with Crippen LogP contribution in [0.1, 0.15) is 20.8 Å². The summed E-state index contributed by atoms with van der Waals surface area (Å²) in [5.74, 6) is -0.372. The predicted molar refractivity (Wildman–Crippen MR) is 82.4 cm³/mol. The molecule has 0 saturated carbocycles. The molecule has 8 heteroatoms. The van der Waals surface area contributed by atoms with E-state index in [9.17, 15) is 13.2 Å². The first-order valence-electron chi connectivity index (χ1n) is 6.93. The molecule has 2 aliphatic heterocycles. The van der Waals surface area contributed by atoms with Crippen molar-refractivity contribution < 1.29 is 17.9 Å². The Labute approximate surface area is 134 Å². The summed E-state index contributed by atoms with van der Waals surface area (Å²) in [4.78, 5) is 12.2. The molecule has 0 bridgehead atoms. The summed E-state index contributed by atoms with van der Waals surface area (Å²) in [5, 5.41) is 2.94. The van der Waals surface area contributed by atoms with E-state index in [1.165, 1.54) is 16.4 Å². The number of rotatable bonds is 2. The van der Waals surface area contributed by atoms with Crippen LogP contribution in [0, 0.1) is 0 Å². The Morgan fingerprint density at radius 3 is 2.64 bits per heavy atom. The maximum atomic E-state index is 12.9. The van der Waals surface area contributed by atoms with E-state index in [4.69, 9.17) is 16.3 Å². The number of hydrogen-bond acceptors (Lipinski definition) is 4. The third-order valence-corrected chi connectivity index (χ3v) is 6.32. The number of sulfonamides is 1. The van der Waals surface area contributed by atoms with Crippen LogP contribution in [0.25, 0.3) is 0 Å². The van der Waals surface area contributed by atoms with Crippen molar-refractivity contribution in [2.75, 3.05) is 11.9 Å². The zero-order valence-corrected chi connectivity index (χ0v) is 14.0. The molecule has 2 heterocycles. The quantitative estimate of drug-likeness (QED) is 0.830. The summed E-state index contributed by atoms with van der Waals surface area (Å²) < 4.78 is 32.5. The second-order valence-corrected chi connectivity index (χ2v) is 8.39. The molecular formula is C14H17ClN2O4S. The van der Waals surface area contributed by atoms with Crippen LogP contribution in [0.3, 0.4) is 0 Å². The molecule has 1 N–H and O–H groups in total. The molecule has 1 aromatic rings. The van der Waals surface area contributed by atoms with Gasteiger partial charge in [0, 0.05) is 11.6 Å². The Morgan fingerprint density at radius 2 is 2.05 bits per heavy atom. The van der Waals surface area contributed by atoms with Crippen molar-refractivity contribution in [3.8, 4) is 0 Å². The number of nitrogens with one attached hydrogen (secondary N) is 1. The summed E-state index contributed by atoms with van der Waals surface area (Å²) in [6.07, 6.45) is -0.224. The average Bonchev–Trinajstić information content (AvgIpc) is 3.04. The Hall–Kier alpha value is -1.15. The molecule has 22 heavy (non-hydrogen) atoms. The molecule has 0 spiro atoms. The summed E-state index contributed by atoms with van der Waals surface area (Å²) in [5.41, 5.74) is -0.116. The van der Waals surface area contributed by atoms with Crippen molar-refractivity contribution in [3.05, 3.63) is 23.2 Å². The van der Waals surface area contributed by atoms with E-state index in [0.717, 1.165) is 0 Å². The molecule has 2 atom stereocenters. The van der Waals surface area contributed by atoms with Gasteiger partial charge in [0.25, 0.3) is 0 Å². The smallest absolute Gasteiger partial charge is 0.246 e. The number of hydrogen-bond donors (Lipinski definition) is 1. The van der Waals surface area contributed by atoms with Gasteiger partial charge in [-0.25, -0.2) is 8.42 Å². The zero-order valence-electron chi connectivity index (χ0n) is 12.5. The van der Waals surface area contributed by atoms with E-state index < -0.39 is 16.1 Å². The first kappa shape index (κ1) is 15.7. The minimum Gasteiger partial charge on any atom is -0.365 e. The third kappa shape index (κ3) is 2.52. The molecule has 1 saturated heterocycles. The molecule has 0 aliphatic carbocycles. The van der Waals surface area contributed by atoms with E-state index in [-0.39, 0.29) is 34.7 Å². The Morgan fingerprint density at radius 1 is 1.41 bits per heavy atom. The van der Waals surface area contributed by atoms with Crippen LogP contribution in [0.4, 0.5) is 5.69 Å². The van der Waals surface area contributed by atoms with Crippen molar-refractivity contribution in [3.63, 3.8) is 0 Å². The molecule has 0 radical (unpaired) electrons. The Kier molecular flexibility index (Phi) is 3.52. The summed E-state index contributed by atoms with van der Waals surface area (Å²) in [6, 6.07) is 3.58. The summed E-state index contributed by atoms with van der Waals surface area (Å²) in [7, 11) is -3.84. The topological polar surface area (TPSA) is 79.0 Å². The van der Waals surface area contributed by atoms with Crippen LogP contribution in [0.5, 0.6) is 0 Å². The molecule has 6 nitrogen and oxygen atoms in total. The van der Waals surface area contributed by atoms with Gasteiger partial charge in [-0.2, -0.15) is 4.31 Å². The maximum Gasteiger partial charge on any atom is 0.246 e. The lowest BCUT2D eigenvalue weighted by Crippen LogP contribution is -2.45. The lowest BCUT2D eigenvalue weighted by Gasteiger charge is -2.24. The predicted octanol–water partition coefficient (Wildman–Crippen LogP) is 1.85. The molecule has 2 unspecified atom stereocenters. The number of epoxide rings is 1. The van der Waals surface area contributed by atoms with E-state index in [1.807, 2.05) is 13.8 Å². The Balaban J connectivity index is 2.06. The van der Waals surface area contributed by atoms with Crippen molar-refractivity contribution in [2.24, 2.45) is 0 Å². The van der Waals surface area contributed by atoms with Gasteiger partial charge in [-0.3, -0.25) is 4.79 Å². The molecule has 0 aromatic heterocycles. The number of ether oxygens (including phenoxy) is 1. The minimum absolute atomic E-state index is 0.0103. The number of carbonyl (C=O) groups is 1. The first-order chi connectivity index (χ1) is 10.1. The molecule has 1 amide bonds. The first-order valence-corrected chi connectivity index (χ1v) is 8.75. The van der Waals surface area contributed by atoms with Gasteiger partial charge >= 0.3 is 0 Å². The van der Waals surface area contributed by atoms with Crippen LogP contribution in [-0.2, 0) is 19.6 Å². The highest BCUT2D eigenvalue weighted by Crippen LogP contribution is 2.39. The highest BCUT2D eigenvalue weighted by atomic mass is 35.5. The van der Waals surface area contributed by atoms with Crippen LogP contribution in [-0.4, -0.2) is 42.9 Å². The van der Waals surface area contributed by atoms with Crippen molar-refractivity contribution in [2.45, 2.75) is 43.4 Å². The van der Waals surface area contributed by atoms with Crippen LogP contribution in [0.15, 0.2) is 23.1 Å². The fourth-order valence-corrected chi connectivity index (χ4v) is 4.53. The average molecular weight is 345 g/mol. The summed E-state index contributed by atoms with van der Waals surface area (Å²) >= 11 is 5.92. The summed E-state index contributed by atoms with van der Waals surface area (Å²) in [6.45, 7) is 5.47. The van der Waals surface area contributed by atoms with E-state index in [0.29, 0.717) is 5.02 Å². The second kappa shape index (κ2) is 4.92. The normalized spacial score (nSPS) is 29.4. The number of fused-ring (bicyclic) bond motifs is 1. The third-order valence-electron chi connectivity index (χ3n) is 4.11. The number of amides is 1. The fourth-order valence-electron chi connectivity index (χ4n) is 2.52. The van der Waals surface area contributed by atoms with Crippen molar-refractivity contribution >= 4 is 33.2 Å². The van der Waals surface area contributed by atoms with Gasteiger partial charge in [0.15, 0.2) is 0 Å². The van der Waals surface area contributed by atoms with Gasteiger partial charge in [0.2, 0.25) is 15.9 Å². The fraction of sp³-hybridized carbons (Fsp3) is 0.500. The van der Waals surface area contributed by atoms with E-state index in [1.54, 1.807) is 13.0 Å².